The molecule has 9 heteroatoms. The lowest BCUT2D eigenvalue weighted by molar-refractivity contribution is 0.0590. The fourth-order valence-corrected chi connectivity index (χ4v) is 3.11. The molecule has 0 aliphatic heterocycles. The van der Waals surface area contributed by atoms with Gasteiger partial charge in [0.25, 0.3) is 10.0 Å². The number of sulfonamides is 1. The van der Waals surface area contributed by atoms with Crippen LogP contribution in [0.3, 0.4) is 0 Å². The summed E-state index contributed by atoms with van der Waals surface area (Å²) in [5.41, 5.74) is 2.16. The minimum absolute atomic E-state index is 0.0229. The van der Waals surface area contributed by atoms with Crippen LogP contribution in [0.25, 0.3) is 0 Å². The first-order chi connectivity index (χ1) is 8.99. The van der Waals surface area contributed by atoms with Gasteiger partial charge in [-0.05, 0) is 20.8 Å². The van der Waals surface area contributed by atoms with Crippen molar-refractivity contribution in [1.82, 2.24) is 14.8 Å². The Morgan fingerprint density at radius 2 is 1.95 bits per heavy atom. The second kappa shape index (κ2) is 5.72. The van der Waals surface area contributed by atoms with E-state index in [0.717, 1.165) is 0 Å². The van der Waals surface area contributed by atoms with Gasteiger partial charge in [0.05, 0.1) is 12.1 Å². The molecule has 7 nitrogen and oxygen atoms in total. The van der Waals surface area contributed by atoms with Crippen molar-refractivity contribution in [3.63, 3.8) is 0 Å². The van der Waals surface area contributed by atoms with Crippen molar-refractivity contribution in [2.75, 3.05) is 7.11 Å². The maximum absolute atomic E-state index is 12.2. The van der Waals surface area contributed by atoms with E-state index in [0.29, 0.717) is 0 Å². The number of hydrogen-bond acceptors (Lipinski definition) is 5. The standard InChI is InChI=1S/C11H18ClN3O4S/c1-11(2,3)13-14-20(17,18)7-6-15(4)9(8(7)12)10(16)19-5/h6,13-14H,1-5H3. The summed E-state index contributed by atoms with van der Waals surface area (Å²) in [7, 11) is -1.19. The van der Waals surface area contributed by atoms with Gasteiger partial charge in [-0.2, -0.15) is 0 Å². The van der Waals surface area contributed by atoms with Crippen LogP contribution in [0.15, 0.2) is 11.1 Å². The highest BCUT2D eigenvalue weighted by molar-refractivity contribution is 7.89. The number of esters is 1. The molecule has 1 heterocycles. The molecule has 114 valence electrons. The molecule has 0 aliphatic carbocycles. The molecule has 0 amide bonds. The first-order valence-electron chi connectivity index (χ1n) is 5.71. The Balaban J connectivity index is 3.18. The summed E-state index contributed by atoms with van der Waals surface area (Å²) in [4.78, 5) is 13.6. The van der Waals surface area contributed by atoms with Gasteiger partial charge in [0, 0.05) is 18.8 Å². The van der Waals surface area contributed by atoms with Gasteiger partial charge in [-0.25, -0.2) is 18.6 Å². The third-order valence-electron chi connectivity index (χ3n) is 2.32. The van der Waals surface area contributed by atoms with Crippen molar-refractivity contribution in [3.05, 3.63) is 16.9 Å². The molecule has 20 heavy (non-hydrogen) atoms. The number of aryl methyl sites for hydroxylation is 1. The third-order valence-corrected chi connectivity index (χ3v) is 4.07. The van der Waals surface area contributed by atoms with Crippen molar-refractivity contribution < 1.29 is 17.9 Å². The van der Waals surface area contributed by atoms with E-state index in [4.69, 9.17) is 11.6 Å². The van der Waals surface area contributed by atoms with Crippen molar-refractivity contribution >= 4 is 27.6 Å². The third kappa shape index (κ3) is 3.72. The van der Waals surface area contributed by atoms with E-state index < -0.39 is 21.5 Å². The predicted octanol–water partition coefficient (Wildman–Crippen LogP) is 1.05. The van der Waals surface area contributed by atoms with Gasteiger partial charge in [0.1, 0.15) is 10.6 Å². The number of carbonyl (C=O) groups is 1. The zero-order valence-electron chi connectivity index (χ0n) is 11.9. The monoisotopic (exact) mass is 323 g/mol. The smallest absolute Gasteiger partial charge is 0.356 e. The minimum atomic E-state index is -3.89. The van der Waals surface area contributed by atoms with E-state index in [2.05, 4.69) is 15.0 Å². The Bertz CT molecular complexity index is 616. The molecule has 0 aromatic carbocycles. The highest BCUT2D eigenvalue weighted by Crippen LogP contribution is 2.27. The lowest BCUT2D eigenvalue weighted by Gasteiger charge is -2.20. The molecule has 0 bridgehead atoms. The lowest BCUT2D eigenvalue weighted by Crippen LogP contribution is -2.48. The first kappa shape index (κ1) is 17.0. The molecule has 0 spiro atoms. The van der Waals surface area contributed by atoms with Gasteiger partial charge in [0.2, 0.25) is 0 Å². The topological polar surface area (TPSA) is 89.4 Å². The van der Waals surface area contributed by atoms with Gasteiger partial charge in [-0.1, -0.05) is 11.6 Å². The van der Waals surface area contributed by atoms with E-state index >= 15 is 0 Å². The van der Waals surface area contributed by atoms with Crippen molar-refractivity contribution in [3.8, 4) is 0 Å². The number of hydrogen-bond donors (Lipinski definition) is 2. The van der Waals surface area contributed by atoms with Crippen LogP contribution in [0.4, 0.5) is 0 Å². The highest BCUT2D eigenvalue weighted by Gasteiger charge is 2.28. The Morgan fingerprint density at radius 1 is 1.40 bits per heavy atom. The Hall–Kier alpha value is -1.09. The van der Waals surface area contributed by atoms with Crippen LogP contribution in [0.1, 0.15) is 31.3 Å². The Labute approximate surface area is 123 Å². The molecule has 0 unspecified atom stereocenters. The summed E-state index contributed by atoms with van der Waals surface area (Å²) in [5.74, 6) is -0.706. The molecule has 2 N–H and O–H groups in total. The van der Waals surface area contributed by atoms with E-state index in [1.807, 2.05) is 0 Å². The predicted molar refractivity (Wildman–Crippen MR) is 75.0 cm³/mol. The van der Waals surface area contributed by atoms with Crippen molar-refractivity contribution in [2.24, 2.45) is 7.05 Å². The normalized spacial score (nSPS) is 12.5. The first-order valence-corrected chi connectivity index (χ1v) is 7.58. The van der Waals surface area contributed by atoms with Crippen LogP contribution in [0, 0.1) is 0 Å². The summed E-state index contributed by atoms with van der Waals surface area (Å²) in [6.07, 6.45) is 1.25. The summed E-state index contributed by atoms with van der Waals surface area (Å²) < 4.78 is 30.2. The number of aromatic nitrogens is 1. The van der Waals surface area contributed by atoms with Crippen LogP contribution in [0.2, 0.25) is 5.02 Å². The summed E-state index contributed by atoms with van der Waals surface area (Å²) in [6.45, 7) is 5.38. The molecular formula is C11H18ClN3O4S. The van der Waals surface area contributed by atoms with Gasteiger partial charge in [-0.3, -0.25) is 0 Å². The molecule has 0 radical (unpaired) electrons. The average molecular weight is 324 g/mol. The fourth-order valence-electron chi connectivity index (χ4n) is 1.36. The zero-order chi connectivity index (χ0) is 15.7. The number of carbonyl (C=O) groups excluding carboxylic acids is 1. The number of ether oxygens (including phenoxy) is 1. The van der Waals surface area contributed by atoms with Gasteiger partial charge in [-0.15, -0.1) is 4.83 Å². The molecule has 1 aromatic heterocycles. The maximum Gasteiger partial charge on any atom is 0.356 e. The second-order valence-electron chi connectivity index (χ2n) is 5.24. The number of nitrogens with one attached hydrogen (secondary N) is 2. The molecule has 1 rings (SSSR count). The largest absolute Gasteiger partial charge is 0.464 e. The fraction of sp³-hybridized carbons (Fsp3) is 0.545. The molecule has 0 fully saturated rings. The van der Waals surface area contributed by atoms with Gasteiger partial charge >= 0.3 is 5.97 Å². The van der Waals surface area contributed by atoms with E-state index in [-0.39, 0.29) is 15.6 Å². The second-order valence-corrected chi connectivity index (χ2v) is 7.27. The SMILES string of the molecule is COC(=O)c1c(Cl)c(S(=O)(=O)NNC(C)(C)C)cn1C. The maximum atomic E-state index is 12.2. The van der Waals surface area contributed by atoms with Crippen molar-refractivity contribution in [1.29, 1.82) is 0 Å². The quantitative estimate of drug-likeness (QED) is 0.638. The Kier molecular flexibility index (Phi) is 4.86. The number of hydrazine groups is 1. The summed E-state index contributed by atoms with van der Waals surface area (Å²) >= 11 is 5.97. The van der Waals surface area contributed by atoms with Crippen LogP contribution in [-0.4, -0.2) is 31.6 Å². The van der Waals surface area contributed by atoms with Crippen LogP contribution in [-0.2, 0) is 21.8 Å². The number of nitrogens with zero attached hydrogens (tertiary/aromatic N) is 1. The summed E-state index contributed by atoms with van der Waals surface area (Å²) in [5, 5.41) is -0.178. The lowest BCUT2D eigenvalue weighted by atomic mass is 10.1. The number of rotatable bonds is 4. The van der Waals surface area contributed by atoms with Gasteiger partial charge < -0.3 is 9.30 Å². The van der Waals surface area contributed by atoms with E-state index in [9.17, 15) is 13.2 Å². The zero-order valence-corrected chi connectivity index (χ0v) is 13.5. The highest BCUT2D eigenvalue weighted by atomic mass is 35.5. The summed E-state index contributed by atoms with van der Waals surface area (Å²) in [6, 6.07) is 0. The van der Waals surface area contributed by atoms with E-state index in [1.54, 1.807) is 20.8 Å². The van der Waals surface area contributed by atoms with Crippen LogP contribution in [0.5, 0.6) is 0 Å². The van der Waals surface area contributed by atoms with Crippen LogP contribution >= 0.6 is 11.6 Å². The molecular weight excluding hydrogens is 306 g/mol. The minimum Gasteiger partial charge on any atom is -0.464 e. The number of halogens is 1. The molecule has 0 aliphatic rings. The molecule has 0 saturated carbocycles. The molecule has 1 aromatic rings. The average Bonchev–Trinajstić information content (AvgIpc) is 2.61. The van der Waals surface area contributed by atoms with Crippen molar-refractivity contribution in [2.45, 2.75) is 31.2 Å². The molecule has 0 atom stereocenters. The van der Waals surface area contributed by atoms with E-state index in [1.165, 1.54) is 24.9 Å². The number of methoxy groups -OCH3 is 1. The van der Waals surface area contributed by atoms with Gasteiger partial charge in [0.15, 0.2) is 0 Å². The molecule has 0 saturated heterocycles. The Morgan fingerprint density at radius 3 is 2.40 bits per heavy atom. The van der Waals surface area contributed by atoms with Crippen LogP contribution < -0.4 is 10.3 Å².